The molecule has 3 rings (SSSR count). The molecule has 1 heterocycles. The number of amides is 2. The van der Waals surface area contributed by atoms with Crippen molar-refractivity contribution in [2.75, 3.05) is 17.7 Å². The topological polar surface area (TPSA) is 132 Å². The number of nitrogens with zero attached hydrogens (tertiary/aromatic N) is 1. The molecule has 210 valence electrons. The second-order valence-corrected chi connectivity index (χ2v) is 12.5. The number of aryl methyl sites for hydroxylation is 1. The monoisotopic (exact) mass is 762 g/mol. The summed E-state index contributed by atoms with van der Waals surface area (Å²) >= 11 is 4.39. The van der Waals surface area contributed by atoms with E-state index in [1.807, 2.05) is 26.0 Å². The fourth-order valence-corrected chi connectivity index (χ4v) is 6.17. The highest BCUT2D eigenvalue weighted by Crippen LogP contribution is 2.29. The van der Waals surface area contributed by atoms with Crippen molar-refractivity contribution in [3.63, 3.8) is 0 Å². The molecule has 0 aliphatic carbocycles. The van der Waals surface area contributed by atoms with Gasteiger partial charge in [0.2, 0.25) is 5.91 Å². The van der Waals surface area contributed by atoms with Crippen molar-refractivity contribution in [3.05, 3.63) is 53.0 Å². The van der Waals surface area contributed by atoms with Crippen LogP contribution in [0.25, 0.3) is 10.9 Å². The standard InChI is InChI=1S/C27H32I2N4O6/c1-13(2)30-23(34)20(12-15-10-16(28)22(37-7)17(29)11-15)32-25-31-19-9-8-18(14(3)21(19)24(35)38-25)33-26(36)39-27(4,5)6/h8-11,13,20H,12H2,1-7H3,(H,30,34)(H,31,32)(H,33,36)/t20-/m0/s1. The SMILES string of the molecule is COc1c(I)cc(C[C@H](Nc2nc3ccc(NC(=O)OC(C)(C)C)c(C)c3c(=O)o2)C(=O)NC(C)C)cc1I. The Labute approximate surface area is 254 Å². The number of benzene rings is 2. The van der Waals surface area contributed by atoms with Crippen LogP contribution in [0.15, 0.2) is 33.5 Å². The predicted molar refractivity (Wildman–Crippen MR) is 168 cm³/mol. The summed E-state index contributed by atoms with van der Waals surface area (Å²) in [4.78, 5) is 42.8. The molecule has 0 aliphatic heterocycles. The van der Waals surface area contributed by atoms with Gasteiger partial charge in [0.25, 0.3) is 6.01 Å². The maximum absolute atomic E-state index is 13.1. The Balaban J connectivity index is 1.93. The molecule has 0 saturated carbocycles. The van der Waals surface area contributed by atoms with Crippen LogP contribution in [0.1, 0.15) is 45.7 Å². The molecule has 2 aromatic carbocycles. The van der Waals surface area contributed by atoms with E-state index in [-0.39, 0.29) is 23.3 Å². The van der Waals surface area contributed by atoms with Gasteiger partial charge in [-0.2, -0.15) is 4.98 Å². The Morgan fingerprint density at radius 3 is 2.33 bits per heavy atom. The number of hydrogen-bond donors (Lipinski definition) is 3. The number of carbonyl (C=O) groups is 2. The lowest BCUT2D eigenvalue weighted by Gasteiger charge is -2.21. The van der Waals surface area contributed by atoms with Crippen LogP contribution in [0.5, 0.6) is 5.75 Å². The summed E-state index contributed by atoms with van der Waals surface area (Å²) in [5.41, 5.74) is 0.837. The maximum Gasteiger partial charge on any atom is 0.412 e. The third-order valence-corrected chi connectivity index (χ3v) is 7.04. The molecule has 0 radical (unpaired) electrons. The van der Waals surface area contributed by atoms with Crippen molar-refractivity contribution in [1.29, 1.82) is 0 Å². The largest absolute Gasteiger partial charge is 0.495 e. The van der Waals surface area contributed by atoms with Crippen molar-refractivity contribution in [2.45, 2.75) is 65.6 Å². The fraction of sp³-hybridized carbons (Fsp3) is 0.407. The van der Waals surface area contributed by atoms with Crippen LogP contribution >= 0.6 is 45.2 Å². The molecule has 0 spiro atoms. The summed E-state index contributed by atoms with van der Waals surface area (Å²) in [6.45, 7) is 10.7. The Bertz CT molecular complexity index is 1430. The van der Waals surface area contributed by atoms with E-state index in [2.05, 4.69) is 66.1 Å². The summed E-state index contributed by atoms with van der Waals surface area (Å²) in [6, 6.07) is 6.21. The molecule has 12 heteroatoms. The van der Waals surface area contributed by atoms with E-state index in [9.17, 15) is 14.4 Å². The summed E-state index contributed by atoms with van der Waals surface area (Å²) in [5, 5.41) is 8.80. The van der Waals surface area contributed by atoms with Crippen LogP contribution < -0.4 is 26.3 Å². The molecular formula is C27H32I2N4O6. The van der Waals surface area contributed by atoms with E-state index >= 15 is 0 Å². The average molecular weight is 762 g/mol. The number of aromatic nitrogens is 1. The number of carbonyl (C=O) groups excluding carboxylic acids is 2. The number of methoxy groups -OCH3 is 1. The highest BCUT2D eigenvalue weighted by molar-refractivity contribution is 14.1. The molecule has 0 aliphatic rings. The van der Waals surface area contributed by atoms with Gasteiger partial charge in [-0.3, -0.25) is 10.1 Å². The first kappa shape index (κ1) is 30.9. The molecule has 1 atom stereocenters. The minimum atomic E-state index is -0.769. The molecule has 0 unspecified atom stereocenters. The van der Waals surface area contributed by atoms with E-state index in [0.29, 0.717) is 23.2 Å². The van der Waals surface area contributed by atoms with Gasteiger partial charge in [-0.1, -0.05) is 0 Å². The van der Waals surface area contributed by atoms with Crippen LogP contribution in [0.2, 0.25) is 0 Å². The Morgan fingerprint density at radius 2 is 1.77 bits per heavy atom. The lowest BCUT2D eigenvalue weighted by molar-refractivity contribution is -0.122. The van der Waals surface area contributed by atoms with E-state index in [4.69, 9.17) is 13.9 Å². The van der Waals surface area contributed by atoms with Crippen molar-refractivity contribution in [2.24, 2.45) is 0 Å². The van der Waals surface area contributed by atoms with Crippen LogP contribution in [0, 0.1) is 14.1 Å². The number of halogens is 2. The van der Waals surface area contributed by atoms with E-state index in [0.717, 1.165) is 18.5 Å². The van der Waals surface area contributed by atoms with Gasteiger partial charge < -0.3 is 24.5 Å². The minimum Gasteiger partial charge on any atom is -0.495 e. The van der Waals surface area contributed by atoms with Gasteiger partial charge in [0.15, 0.2) is 0 Å². The zero-order valence-corrected chi connectivity index (χ0v) is 27.1. The highest BCUT2D eigenvalue weighted by atomic mass is 127. The average Bonchev–Trinajstić information content (AvgIpc) is 2.78. The van der Waals surface area contributed by atoms with Gasteiger partial charge in [-0.25, -0.2) is 9.59 Å². The second kappa shape index (κ2) is 12.7. The van der Waals surface area contributed by atoms with Gasteiger partial charge in [0, 0.05) is 18.2 Å². The smallest absolute Gasteiger partial charge is 0.412 e. The molecule has 0 fully saturated rings. The van der Waals surface area contributed by atoms with Gasteiger partial charge in [0.05, 0.1) is 25.2 Å². The molecule has 3 N–H and O–H groups in total. The predicted octanol–water partition coefficient (Wildman–Crippen LogP) is 5.61. The van der Waals surface area contributed by atoms with Crippen molar-refractivity contribution in [1.82, 2.24) is 10.3 Å². The zero-order chi connectivity index (χ0) is 29.1. The third-order valence-electron chi connectivity index (χ3n) is 5.44. The summed E-state index contributed by atoms with van der Waals surface area (Å²) in [7, 11) is 1.62. The molecule has 0 bridgehead atoms. The van der Waals surface area contributed by atoms with Crippen molar-refractivity contribution >= 4 is 79.8 Å². The molecule has 0 saturated heterocycles. The van der Waals surface area contributed by atoms with E-state index in [1.54, 1.807) is 46.9 Å². The number of anilines is 2. The lowest BCUT2D eigenvalue weighted by atomic mass is 10.0. The van der Waals surface area contributed by atoms with Crippen LogP contribution in [0.3, 0.4) is 0 Å². The number of fused-ring (bicyclic) bond motifs is 1. The number of rotatable bonds is 8. The zero-order valence-electron chi connectivity index (χ0n) is 22.8. The van der Waals surface area contributed by atoms with Gasteiger partial charge in [-0.15, -0.1) is 0 Å². The van der Waals surface area contributed by atoms with Crippen LogP contribution in [-0.4, -0.2) is 41.8 Å². The van der Waals surface area contributed by atoms with E-state index in [1.165, 1.54) is 0 Å². The lowest BCUT2D eigenvalue weighted by Crippen LogP contribution is -2.44. The molecule has 2 amide bonds. The Hall–Kier alpha value is -2.62. The third kappa shape index (κ3) is 8.19. The number of nitrogens with one attached hydrogen (secondary N) is 3. The Morgan fingerprint density at radius 1 is 1.13 bits per heavy atom. The first-order chi connectivity index (χ1) is 18.2. The maximum atomic E-state index is 13.1. The number of hydrogen-bond acceptors (Lipinski definition) is 8. The fourth-order valence-electron chi connectivity index (χ4n) is 3.83. The van der Waals surface area contributed by atoms with Gasteiger partial charge in [-0.05, 0) is 122 Å². The van der Waals surface area contributed by atoms with Crippen molar-refractivity contribution < 1.29 is 23.5 Å². The van der Waals surface area contributed by atoms with Crippen LogP contribution in [-0.2, 0) is 16.0 Å². The van der Waals surface area contributed by atoms with E-state index < -0.39 is 23.4 Å². The molecule has 3 aromatic rings. The quantitative estimate of drug-likeness (QED) is 0.253. The van der Waals surface area contributed by atoms with Gasteiger partial charge >= 0.3 is 11.7 Å². The Kier molecular flexibility index (Phi) is 10.1. The normalized spacial score (nSPS) is 12.3. The molecule has 10 nitrogen and oxygen atoms in total. The summed E-state index contributed by atoms with van der Waals surface area (Å²) in [6.07, 6.45) is -0.321. The summed E-state index contributed by atoms with van der Waals surface area (Å²) < 4.78 is 18.1. The van der Waals surface area contributed by atoms with Gasteiger partial charge in [0.1, 0.15) is 17.4 Å². The molecule has 39 heavy (non-hydrogen) atoms. The molecular weight excluding hydrogens is 730 g/mol. The number of ether oxygens (including phenoxy) is 2. The first-order valence-electron chi connectivity index (χ1n) is 12.2. The summed E-state index contributed by atoms with van der Waals surface area (Å²) in [5.74, 6) is 0.512. The molecule has 1 aromatic heterocycles. The minimum absolute atomic E-state index is 0.0819. The second-order valence-electron chi connectivity index (χ2n) is 10.2. The first-order valence-corrected chi connectivity index (χ1v) is 14.4. The highest BCUT2D eigenvalue weighted by Gasteiger charge is 2.24. The van der Waals surface area contributed by atoms with Crippen LogP contribution in [0.4, 0.5) is 16.5 Å². The van der Waals surface area contributed by atoms with Crippen molar-refractivity contribution in [3.8, 4) is 5.75 Å².